The maximum absolute atomic E-state index is 13.1. The van der Waals surface area contributed by atoms with E-state index < -0.39 is 6.11 Å². The first kappa shape index (κ1) is 14.2. The molecule has 1 aromatic carbocycles. The number of allylic oxidation sites excluding steroid dienone is 1. The Balaban J connectivity index is 2.16. The van der Waals surface area contributed by atoms with E-state index in [1.54, 1.807) is 12.1 Å². The van der Waals surface area contributed by atoms with Crippen LogP contribution in [0.1, 0.15) is 36.8 Å². The zero-order valence-corrected chi connectivity index (χ0v) is 11.3. The summed E-state index contributed by atoms with van der Waals surface area (Å²) in [5, 5.41) is 0. The molecule has 1 nitrogen and oxygen atoms in total. The molecule has 0 atom stereocenters. The summed E-state index contributed by atoms with van der Waals surface area (Å²) in [4.78, 5) is 0. The topological polar surface area (TPSA) is 9.23 Å². The van der Waals surface area contributed by atoms with Gasteiger partial charge in [0.1, 0.15) is 0 Å². The van der Waals surface area contributed by atoms with Gasteiger partial charge >= 0.3 is 6.11 Å². The van der Waals surface area contributed by atoms with Gasteiger partial charge in [0.15, 0.2) is 0 Å². The third-order valence-corrected chi connectivity index (χ3v) is 4.12. The molecule has 1 aliphatic rings. The van der Waals surface area contributed by atoms with E-state index >= 15 is 0 Å². The fraction of sp³-hybridized carbons (Fsp3) is 0.500. The third kappa shape index (κ3) is 3.03. The van der Waals surface area contributed by atoms with E-state index in [1.165, 1.54) is 18.4 Å². The minimum atomic E-state index is -3.09. The first-order chi connectivity index (χ1) is 9.01. The second kappa shape index (κ2) is 5.41. The first-order valence-corrected chi connectivity index (χ1v) is 6.67. The molecule has 1 aromatic rings. The molecule has 1 aliphatic carbocycles. The average molecular weight is 266 g/mol. The zero-order valence-electron chi connectivity index (χ0n) is 11.3. The van der Waals surface area contributed by atoms with Gasteiger partial charge in [-0.15, -0.1) is 6.58 Å². The zero-order chi connectivity index (χ0) is 13.9. The Labute approximate surface area is 113 Å². The van der Waals surface area contributed by atoms with Crippen LogP contribution in [0.3, 0.4) is 0 Å². The maximum Gasteiger partial charge on any atom is 0.359 e. The normalized spacial score (nSPS) is 18.5. The van der Waals surface area contributed by atoms with E-state index in [4.69, 9.17) is 0 Å². The largest absolute Gasteiger partial charge is 0.359 e. The minimum absolute atomic E-state index is 0.0440. The molecular formula is C16H20F2O. The molecule has 0 heterocycles. The number of hydrogen-bond donors (Lipinski definition) is 0. The number of rotatable bonds is 5. The van der Waals surface area contributed by atoms with Crippen LogP contribution in [-0.4, -0.2) is 13.2 Å². The van der Waals surface area contributed by atoms with E-state index in [2.05, 4.69) is 11.3 Å². The molecule has 1 fully saturated rings. The summed E-state index contributed by atoms with van der Waals surface area (Å²) < 4.78 is 30.4. The highest BCUT2D eigenvalue weighted by Crippen LogP contribution is 2.42. The smallest absolute Gasteiger partial charge is 0.324 e. The van der Waals surface area contributed by atoms with Crippen molar-refractivity contribution in [1.82, 2.24) is 0 Å². The second-order valence-electron chi connectivity index (χ2n) is 5.28. The Morgan fingerprint density at radius 3 is 2.32 bits per heavy atom. The van der Waals surface area contributed by atoms with Crippen molar-refractivity contribution in [2.24, 2.45) is 0 Å². The highest BCUT2D eigenvalue weighted by atomic mass is 19.3. The Kier molecular flexibility index (Phi) is 4.04. The standard InChI is InChI=1S/C16H20F2O/c1-3-15(10-4-5-11-15)14-8-6-13(7-9-14)12-16(17,18)19-2/h3,6-9H,1,4-5,10-12H2,2H3. The quantitative estimate of drug-likeness (QED) is 0.715. The van der Waals surface area contributed by atoms with Crippen LogP contribution in [0, 0.1) is 0 Å². The lowest BCUT2D eigenvalue weighted by atomic mass is 9.79. The van der Waals surface area contributed by atoms with Gasteiger partial charge in [0.25, 0.3) is 0 Å². The summed E-state index contributed by atoms with van der Waals surface area (Å²) in [6.07, 6.45) is 3.15. The molecule has 0 radical (unpaired) electrons. The number of ether oxygens (including phenoxy) is 1. The molecule has 19 heavy (non-hydrogen) atoms. The van der Waals surface area contributed by atoms with Crippen LogP contribution < -0.4 is 0 Å². The van der Waals surface area contributed by atoms with E-state index in [0.717, 1.165) is 20.0 Å². The SMILES string of the molecule is C=CC1(c2ccc(CC(F)(F)OC)cc2)CCCC1. The molecular weight excluding hydrogens is 246 g/mol. The monoisotopic (exact) mass is 266 g/mol. The summed E-state index contributed by atoms with van der Waals surface area (Å²) >= 11 is 0. The summed E-state index contributed by atoms with van der Waals surface area (Å²) in [5.74, 6) is 0. The Hall–Kier alpha value is -1.22. The van der Waals surface area contributed by atoms with Crippen molar-refractivity contribution in [2.45, 2.75) is 43.6 Å². The lowest BCUT2D eigenvalue weighted by molar-refractivity contribution is -0.219. The van der Waals surface area contributed by atoms with Crippen molar-refractivity contribution in [3.63, 3.8) is 0 Å². The number of alkyl halides is 2. The van der Waals surface area contributed by atoms with Crippen molar-refractivity contribution < 1.29 is 13.5 Å². The summed E-state index contributed by atoms with van der Waals surface area (Å²) in [6, 6.07) is 7.44. The molecule has 1 saturated carbocycles. The van der Waals surface area contributed by atoms with Crippen LogP contribution in [0.2, 0.25) is 0 Å². The van der Waals surface area contributed by atoms with E-state index in [0.29, 0.717) is 5.56 Å². The van der Waals surface area contributed by atoms with E-state index in [9.17, 15) is 8.78 Å². The Bertz CT molecular complexity index is 431. The van der Waals surface area contributed by atoms with Gasteiger partial charge in [0.2, 0.25) is 0 Å². The van der Waals surface area contributed by atoms with Crippen molar-refractivity contribution >= 4 is 0 Å². The van der Waals surface area contributed by atoms with Crippen LogP contribution in [0.25, 0.3) is 0 Å². The fourth-order valence-electron chi connectivity index (χ4n) is 2.88. The molecule has 0 aromatic heterocycles. The van der Waals surface area contributed by atoms with Crippen LogP contribution >= 0.6 is 0 Å². The average Bonchev–Trinajstić information content (AvgIpc) is 2.89. The van der Waals surface area contributed by atoms with Gasteiger partial charge in [0.05, 0.1) is 6.42 Å². The van der Waals surface area contributed by atoms with Crippen LogP contribution in [0.5, 0.6) is 0 Å². The predicted octanol–water partition coefficient (Wildman–Crippen LogP) is 4.47. The van der Waals surface area contributed by atoms with Gasteiger partial charge in [-0.2, -0.15) is 8.78 Å². The van der Waals surface area contributed by atoms with Crippen molar-refractivity contribution in [3.8, 4) is 0 Å². The Morgan fingerprint density at radius 1 is 1.26 bits per heavy atom. The second-order valence-corrected chi connectivity index (χ2v) is 5.28. The van der Waals surface area contributed by atoms with Gasteiger partial charge in [0, 0.05) is 12.5 Å². The van der Waals surface area contributed by atoms with E-state index in [-0.39, 0.29) is 11.8 Å². The Morgan fingerprint density at radius 2 is 1.84 bits per heavy atom. The lowest BCUT2D eigenvalue weighted by Crippen LogP contribution is -2.22. The summed E-state index contributed by atoms with van der Waals surface area (Å²) in [6.45, 7) is 3.95. The van der Waals surface area contributed by atoms with Crippen molar-refractivity contribution in [1.29, 1.82) is 0 Å². The molecule has 0 amide bonds. The van der Waals surface area contributed by atoms with Crippen LogP contribution in [-0.2, 0) is 16.6 Å². The van der Waals surface area contributed by atoms with Gasteiger partial charge in [-0.1, -0.05) is 43.2 Å². The van der Waals surface area contributed by atoms with Gasteiger partial charge in [-0.25, -0.2) is 0 Å². The van der Waals surface area contributed by atoms with Crippen molar-refractivity contribution in [3.05, 3.63) is 48.0 Å². The lowest BCUT2D eigenvalue weighted by Gasteiger charge is -2.25. The molecule has 0 bridgehead atoms. The molecule has 0 saturated heterocycles. The molecule has 0 unspecified atom stereocenters. The first-order valence-electron chi connectivity index (χ1n) is 6.67. The predicted molar refractivity (Wildman–Crippen MR) is 72.4 cm³/mol. The molecule has 104 valence electrons. The molecule has 0 N–H and O–H groups in total. The van der Waals surface area contributed by atoms with Crippen LogP contribution in [0.15, 0.2) is 36.9 Å². The molecule has 3 heteroatoms. The van der Waals surface area contributed by atoms with Crippen LogP contribution in [0.4, 0.5) is 8.78 Å². The minimum Gasteiger partial charge on any atom is -0.324 e. The summed E-state index contributed by atoms with van der Waals surface area (Å²) in [5.41, 5.74) is 1.82. The number of benzene rings is 1. The van der Waals surface area contributed by atoms with Gasteiger partial charge < -0.3 is 4.74 Å². The van der Waals surface area contributed by atoms with Gasteiger partial charge in [-0.05, 0) is 24.0 Å². The molecule has 0 spiro atoms. The maximum atomic E-state index is 13.1. The highest BCUT2D eigenvalue weighted by Gasteiger charge is 2.33. The van der Waals surface area contributed by atoms with Crippen molar-refractivity contribution in [2.75, 3.05) is 7.11 Å². The summed E-state index contributed by atoms with van der Waals surface area (Å²) in [7, 11) is 1.03. The third-order valence-electron chi connectivity index (χ3n) is 4.12. The number of hydrogen-bond acceptors (Lipinski definition) is 1. The fourth-order valence-corrected chi connectivity index (χ4v) is 2.88. The number of methoxy groups -OCH3 is 1. The van der Waals surface area contributed by atoms with E-state index in [1.807, 2.05) is 18.2 Å². The molecule has 0 aliphatic heterocycles. The molecule has 2 rings (SSSR count). The number of halogens is 2. The highest BCUT2D eigenvalue weighted by molar-refractivity contribution is 5.34. The van der Waals surface area contributed by atoms with Gasteiger partial charge in [-0.3, -0.25) is 0 Å².